The van der Waals surface area contributed by atoms with Gasteiger partial charge in [-0.1, -0.05) is 37.3 Å². The number of nitrogens with zero attached hydrogens (tertiary/aromatic N) is 5. The van der Waals surface area contributed by atoms with Gasteiger partial charge >= 0.3 is 0 Å². The van der Waals surface area contributed by atoms with Gasteiger partial charge in [-0.2, -0.15) is 0 Å². The molecule has 2 aromatic heterocycles. The highest BCUT2D eigenvalue weighted by atomic mass is 35.5. The van der Waals surface area contributed by atoms with Gasteiger partial charge in [-0.05, 0) is 43.4 Å². The molecule has 6 atom stereocenters. The molecule has 240 valence electrons. The zero-order valence-electron chi connectivity index (χ0n) is 26.2. The first-order valence-electron chi connectivity index (χ1n) is 16.5. The number of aromatic nitrogens is 2. The molecule has 3 aromatic rings. The summed E-state index contributed by atoms with van der Waals surface area (Å²) in [6.45, 7) is 6.80. The lowest BCUT2D eigenvalue weighted by molar-refractivity contribution is -0.134. The summed E-state index contributed by atoms with van der Waals surface area (Å²) in [5.41, 5.74) is 3.21. The number of benzene rings is 1. The van der Waals surface area contributed by atoms with Gasteiger partial charge in [0.15, 0.2) is 17.3 Å². The normalized spacial score (nSPS) is 30.2. The number of piperidine rings is 1. The first-order chi connectivity index (χ1) is 22.3. The molecule has 11 heteroatoms. The molecule has 1 N–H and O–H groups in total. The number of alkyl halides is 1. The van der Waals surface area contributed by atoms with E-state index in [1.807, 2.05) is 35.2 Å². The maximum atomic E-state index is 13.2. The number of ether oxygens (including phenoxy) is 1. The summed E-state index contributed by atoms with van der Waals surface area (Å²) in [6, 6.07) is 8.10. The van der Waals surface area contributed by atoms with Crippen LogP contribution in [0.15, 0.2) is 64.4 Å². The molecule has 2 saturated heterocycles. The van der Waals surface area contributed by atoms with E-state index in [4.69, 9.17) is 30.7 Å². The van der Waals surface area contributed by atoms with Gasteiger partial charge < -0.3 is 29.2 Å². The number of hydrogen-bond donors (Lipinski definition) is 1. The second kappa shape index (κ2) is 11.6. The number of halogens is 1. The summed E-state index contributed by atoms with van der Waals surface area (Å²) in [7, 11) is 0. The van der Waals surface area contributed by atoms with Gasteiger partial charge in [-0.15, -0.1) is 11.6 Å². The molecule has 1 aromatic carbocycles. The molecule has 2 fully saturated rings. The lowest BCUT2D eigenvalue weighted by atomic mass is 9.89. The number of para-hydroxylation sites is 1. The molecule has 9 rings (SSSR count). The van der Waals surface area contributed by atoms with Gasteiger partial charge in [-0.3, -0.25) is 9.59 Å². The van der Waals surface area contributed by atoms with E-state index in [1.165, 1.54) is 0 Å². The van der Waals surface area contributed by atoms with Gasteiger partial charge in [0.25, 0.3) is 0 Å². The second-order valence-electron chi connectivity index (χ2n) is 13.4. The van der Waals surface area contributed by atoms with Crippen molar-refractivity contribution in [2.24, 2.45) is 5.92 Å². The molecule has 6 aliphatic rings. The third-order valence-corrected chi connectivity index (χ3v) is 10.6. The van der Waals surface area contributed by atoms with E-state index >= 15 is 0 Å². The molecule has 0 radical (unpaired) electrons. The minimum atomic E-state index is -0.176. The molecule has 1 aliphatic carbocycles. The number of anilines is 1. The smallest absolute Gasteiger partial charge is 0.227 e. The third-order valence-electron chi connectivity index (χ3n) is 10.2. The molecule has 10 nitrogen and oxygen atoms in total. The van der Waals surface area contributed by atoms with E-state index in [-0.39, 0.29) is 53.8 Å². The van der Waals surface area contributed by atoms with Crippen LogP contribution in [0.4, 0.5) is 5.82 Å². The number of hydrogen-bond acceptors (Lipinski definition) is 8. The standard InChI is InChI=1S/C35H39ClN6O4/c1-20-18-40-14-12-26(20)42-31(16-22-7-5-9-25(36)33(22)42)45-23-15-21(2)41(19-23)35-34-32(24-8-3-4-10-27(24)46-34)38-28(39-35)17-29(43)37-13-6-11-30(40)44/h3-5,7-10,16,20-21,23,25-26,33H,6,11-15,17-19H2,1-2H3,(H,37,43)/t20?,21-,23+,25?,26?,33?/m1/s1. The van der Waals surface area contributed by atoms with E-state index in [9.17, 15) is 9.59 Å². The predicted octanol–water partition coefficient (Wildman–Crippen LogP) is 4.68. The van der Waals surface area contributed by atoms with E-state index < -0.39 is 0 Å². The van der Waals surface area contributed by atoms with E-state index in [0.717, 1.165) is 35.3 Å². The molecule has 5 aliphatic heterocycles. The second-order valence-corrected chi connectivity index (χ2v) is 13.9. The summed E-state index contributed by atoms with van der Waals surface area (Å²) in [5.74, 6) is 2.16. The molecular formula is C35H39ClN6O4. The number of carbonyl (C=O) groups excluding carboxylic acids is 2. The zero-order valence-corrected chi connectivity index (χ0v) is 26.9. The predicted molar refractivity (Wildman–Crippen MR) is 176 cm³/mol. The number of amides is 2. The van der Waals surface area contributed by atoms with Crippen LogP contribution in [0.2, 0.25) is 0 Å². The van der Waals surface area contributed by atoms with E-state index in [0.29, 0.717) is 61.8 Å². The Kier molecular flexibility index (Phi) is 7.43. The van der Waals surface area contributed by atoms with Crippen molar-refractivity contribution in [2.75, 3.05) is 31.1 Å². The van der Waals surface area contributed by atoms with Gasteiger partial charge in [-0.25, -0.2) is 9.97 Å². The van der Waals surface area contributed by atoms with Crippen LogP contribution in [0.25, 0.3) is 22.1 Å². The first kappa shape index (κ1) is 29.4. The highest BCUT2D eigenvalue weighted by Gasteiger charge is 2.45. The van der Waals surface area contributed by atoms with Gasteiger partial charge in [0, 0.05) is 56.0 Å². The summed E-state index contributed by atoms with van der Waals surface area (Å²) in [5, 5.41) is 3.69. The highest BCUT2D eigenvalue weighted by Crippen LogP contribution is 2.42. The monoisotopic (exact) mass is 642 g/mol. The van der Waals surface area contributed by atoms with Gasteiger partial charge in [0.1, 0.15) is 23.0 Å². The summed E-state index contributed by atoms with van der Waals surface area (Å²) >= 11 is 6.97. The average Bonchev–Trinajstić information content (AvgIpc) is 3.71. The van der Waals surface area contributed by atoms with Crippen LogP contribution >= 0.6 is 11.6 Å². The summed E-state index contributed by atoms with van der Waals surface area (Å²) in [4.78, 5) is 42.6. The Morgan fingerprint density at radius 3 is 2.85 bits per heavy atom. The maximum absolute atomic E-state index is 13.2. The van der Waals surface area contributed by atoms with Crippen molar-refractivity contribution in [1.29, 1.82) is 0 Å². The van der Waals surface area contributed by atoms with Crippen LogP contribution in [0, 0.1) is 5.92 Å². The van der Waals surface area contributed by atoms with Crippen LogP contribution in [0.1, 0.15) is 45.4 Å². The maximum Gasteiger partial charge on any atom is 0.227 e. The molecular weight excluding hydrogens is 604 g/mol. The Morgan fingerprint density at radius 2 is 1.98 bits per heavy atom. The molecule has 4 unspecified atom stereocenters. The van der Waals surface area contributed by atoms with Crippen LogP contribution in [0.5, 0.6) is 0 Å². The Balaban J connectivity index is 1.18. The van der Waals surface area contributed by atoms with E-state index in [2.05, 4.69) is 47.2 Å². The number of allylic oxidation sites excluding steroid dienone is 2. The first-order valence-corrected chi connectivity index (χ1v) is 17.0. The minimum absolute atomic E-state index is 0.00707. The zero-order chi connectivity index (χ0) is 31.5. The van der Waals surface area contributed by atoms with Crippen molar-refractivity contribution in [3.8, 4) is 0 Å². The number of furan rings is 1. The largest absolute Gasteiger partial charge is 0.474 e. The lowest BCUT2D eigenvalue weighted by Crippen LogP contribution is -2.55. The quantitative estimate of drug-likeness (QED) is 0.353. The SMILES string of the molecule is CC1CN2CCC1N1C(=CC3=CC=CC(Cl)C31)O[C@H]1C[C@@H](C)N(C1)c1nc(nc3c1oc1ccccc13)CC(=O)NCCCC2=O. The molecule has 0 saturated carbocycles. The van der Waals surface area contributed by atoms with Crippen molar-refractivity contribution in [1.82, 2.24) is 25.1 Å². The summed E-state index contributed by atoms with van der Waals surface area (Å²) in [6.07, 6.45) is 10.9. The van der Waals surface area contributed by atoms with Crippen LogP contribution in [0.3, 0.4) is 0 Å². The Morgan fingerprint density at radius 1 is 1.11 bits per heavy atom. The van der Waals surface area contributed by atoms with Crippen molar-refractivity contribution in [3.05, 3.63) is 65.9 Å². The van der Waals surface area contributed by atoms with Crippen LogP contribution in [-0.4, -0.2) is 87.4 Å². The molecule has 46 heavy (non-hydrogen) atoms. The average molecular weight is 643 g/mol. The molecule has 0 spiro atoms. The summed E-state index contributed by atoms with van der Waals surface area (Å²) < 4.78 is 13.3. The van der Waals surface area contributed by atoms with E-state index in [1.54, 1.807) is 0 Å². The molecule has 6 bridgehead atoms. The number of nitrogens with one attached hydrogen (secondary N) is 1. The number of carbonyl (C=O) groups is 2. The lowest BCUT2D eigenvalue weighted by Gasteiger charge is -2.46. The highest BCUT2D eigenvalue weighted by molar-refractivity contribution is 6.22. The Bertz CT molecular complexity index is 1800. The number of rotatable bonds is 0. The topological polar surface area (TPSA) is 104 Å². The van der Waals surface area contributed by atoms with Gasteiger partial charge in [0.05, 0.1) is 24.4 Å². The molecule has 7 heterocycles. The van der Waals surface area contributed by atoms with Gasteiger partial charge in [0.2, 0.25) is 11.8 Å². The molecule has 2 amide bonds. The van der Waals surface area contributed by atoms with Crippen LogP contribution < -0.4 is 10.2 Å². The number of fused-ring (bicyclic) bond motifs is 12. The minimum Gasteiger partial charge on any atom is -0.474 e. The van der Waals surface area contributed by atoms with Crippen molar-refractivity contribution in [3.63, 3.8) is 0 Å². The van der Waals surface area contributed by atoms with Crippen molar-refractivity contribution >= 4 is 51.3 Å². The van der Waals surface area contributed by atoms with Crippen molar-refractivity contribution in [2.45, 2.75) is 75.6 Å². The Labute approximate surface area is 273 Å². The Hall–Kier alpha value is -4.05. The fourth-order valence-electron chi connectivity index (χ4n) is 7.96. The van der Waals surface area contributed by atoms with Crippen molar-refractivity contribution < 1.29 is 18.7 Å². The van der Waals surface area contributed by atoms with Crippen LogP contribution in [-0.2, 0) is 20.7 Å². The third kappa shape index (κ3) is 5.11. The fourth-order valence-corrected chi connectivity index (χ4v) is 8.31. The fraction of sp³-hybridized carbons (Fsp3) is 0.486.